The Balaban J connectivity index is 4.96. The van der Waals surface area contributed by atoms with Crippen LogP contribution in [0.1, 0.15) is 40.4 Å². The summed E-state index contributed by atoms with van der Waals surface area (Å²) in [5.41, 5.74) is -0.683. The van der Waals surface area contributed by atoms with E-state index in [0.717, 1.165) is 0 Å². The van der Waals surface area contributed by atoms with Gasteiger partial charge in [-0.2, -0.15) is 0 Å². The molecular formula is C8H17NO2. The zero-order chi connectivity index (χ0) is 13.4. The van der Waals surface area contributed by atoms with Crippen molar-refractivity contribution in [2.24, 2.45) is 0 Å². The molecule has 3 heteroatoms. The van der Waals surface area contributed by atoms with E-state index >= 15 is 0 Å². The maximum absolute atomic E-state index is 10.6. The minimum atomic E-state index is -2.94. The number of carbonyl (C=O) groups is 1. The lowest BCUT2D eigenvalue weighted by Crippen LogP contribution is -2.36. The van der Waals surface area contributed by atoms with E-state index in [2.05, 4.69) is 5.32 Å². The monoisotopic (exact) mass is 164 g/mol. The van der Waals surface area contributed by atoms with Gasteiger partial charge in [0.2, 0.25) is 0 Å². The van der Waals surface area contributed by atoms with Crippen LogP contribution >= 0.6 is 0 Å². The Morgan fingerprint density at radius 3 is 2.55 bits per heavy atom. The zero-order valence-electron chi connectivity index (χ0n) is 11.9. The maximum Gasteiger partial charge on any atom is 0.303 e. The van der Waals surface area contributed by atoms with Crippen molar-refractivity contribution in [1.29, 1.82) is 0 Å². The molecule has 0 aromatic carbocycles. The minimum absolute atomic E-state index is 0.683. The highest BCUT2D eigenvalue weighted by Gasteiger charge is 2.07. The van der Waals surface area contributed by atoms with Crippen LogP contribution in [0.5, 0.6) is 0 Å². The Labute approximate surface area is 74.8 Å². The van der Waals surface area contributed by atoms with Crippen LogP contribution in [0.3, 0.4) is 0 Å². The molecule has 0 saturated heterocycles. The summed E-state index contributed by atoms with van der Waals surface area (Å²) in [6.45, 7) is 2.51. The summed E-state index contributed by atoms with van der Waals surface area (Å²) >= 11 is 0. The van der Waals surface area contributed by atoms with Crippen molar-refractivity contribution >= 4 is 5.97 Å². The topological polar surface area (TPSA) is 49.3 Å². The molecule has 66 valence electrons. The molecule has 0 aliphatic heterocycles. The molecule has 0 rings (SSSR count). The number of aliphatic carboxylic acids is 1. The van der Waals surface area contributed by atoms with Crippen molar-refractivity contribution < 1.29 is 16.8 Å². The minimum Gasteiger partial charge on any atom is -0.481 e. The first-order chi connectivity index (χ1) is 6.81. The Kier molecular flexibility index (Phi) is 1.76. The Morgan fingerprint density at radius 2 is 2.18 bits per heavy atom. The second kappa shape index (κ2) is 4.34. The van der Waals surface area contributed by atoms with Crippen LogP contribution < -0.4 is 5.32 Å². The predicted molar refractivity (Wildman–Crippen MR) is 44.6 cm³/mol. The molecule has 1 atom stereocenters. The molecule has 0 aromatic rings. The summed E-state index contributed by atoms with van der Waals surface area (Å²) in [5, 5.41) is 11.0. The number of carboxylic acid groups (broad SMARTS) is 1. The van der Waals surface area contributed by atoms with Crippen LogP contribution in [0, 0.1) is 0 Å². The highest BCUT2D eigenvalue weighted by atomic mass is 16.4. The lowest BCUT2D eigenvalue weighted by molar-refractivity contribution is -0.137. The summed E-state index contributed by atoms with van der Waals surface area (Å²) < 4.78 is 36.7. The Bertz CT molecular complexity index is 274. The van der Waals surface area contributed by atoms with Gasteiger partial charge in [0.1, 0.15) is 0 Å². The molecule has 0 aliphatic carbocycles. The number of hydrogen-bond acceptors (Lipinski definition) is 2. The first kappa shape index (κ1) is 4.45. The highest BCUT2D eigenvalue weighted by molar-refractivity contribution is 5.66. The number of hydrogen-bond donors (Lipinski definition) is 2. The van der Waals surface area contributed by atoms with Crippen LogP contribution in [-0.4, -0.2) is 23.1 Å². The van der Waals surface area contributed by atoms with Gasteiger partial charge in [0, 0.05) is 18.8 Å². The fourth-order valence-electron chi connectivity index (χ4n) is 0.350. The van der Waals surface area contributed by atoms with E-state index in [1.54, 1.807) is 20.8 Å². The van der Waals surface area contributed by atoms with E-state index in [0.29, 0.717) is 0 Å². The van der Waals surface area contributed by atoms with E-state index in [1.165, 1.54) is 0 Å². The molecule has 0 bridgehead atoms. The van der Waals surface area contributed by atoms with Crippen molar-refractivity contribution in [3.05, 3.63) is 0 Å². The van der Waals surface area contributed by atoms with Crippen molar-refractivity contribution in [2.75, 3.05) is 6.50 Å². The summed E-state index contributed by atoms with van der Waals surface area (Å²) in [4.78, 5) is 10.6. The van der Waals surface area contributed by atoms with E-state index in [1.807, 2.05) is 0 Å². The second-order valence-corrected chi connectivity index (χ2v) is 3.11. The third-order valence-corrected chi connectivity index (χ3v) is 0.715. The fraction of sp³-hybridized carbons (Fsp3) is 0.875. The predicted octanol–water partition coefficient (Wildman–Crippen LogP) is 1.24. The van der Waals surface area contributed by atoms with Gasteiger partial charge in [-0.25, -0.2) is 0 Å². The highest BCUT2D eigenvalue weighted by Crippen LogP contribution is 1.98. The molecule has 0 amide bonds. The zero-order valence-corrected chi connectivity index (χ0v) is 6.93. The number of carboxylic acids is 1. The van der Waals surface area contributed by atoms with Crippen molar-refractivity contribution in [1.82, 2.24) is 5.32 Å². The van der Waals surface area contributed by atoms with E-state index < -0.39 is 30.8 Å². The molecule has 0 fully saturated rings. The average molecular weight is 164 g/mol. The van der Waals surface area contributed by atoms with Crippen LogP contribution in [-0.2, 0) is 4.79 Å². The molecule has 2 N–H and O–H groups in total. The largest absolute Gasteiger partial charge is 0.481 e. The summed E-state index contributed by atoms with van der Waals surface area (Å²) in [6.07, 6.45) is -5.00. The normalized spacial score (nSPS) is 23.7. The standard InChI is InChI=1S/C8H17NO2/c1-8(2,3)9-6-4-5-7(10)11/h9H,4-6H2,1-3H3,(H,10,11)/i4D,5D2,6D2. The van der Waals surface area contributed by atoms with Crippen LogP contribution in [0.25, 0.3) is 0 Å². The van der Waals surface area contributed by atoms with Crippen molar-refractivity contribution in [3.8, 4) is 0 Å². The van der Waals surface area contributed by atoms with Gasteiger partial charge in [0.25, 0.3) is 0 Å². The third-order valence-electron chi connectivity index (χ3n) is 0.715. The number of rotatable bonds is 4. The first-order valence-corrected chi connectivity index (χ1v) is 3.26. The van der Waals surface area contributed by atoms with E-state index in [4.69, 9.17) is 12.0 Å². The quantitative estimate of drug-likeness (QED) is 0.657. The third kappa shape index (κ3) is 9.43. The molecule has 0 radical (unpaired) electrons. The van der Waals surface area contributed by atoms with Crippen LogP contribution in [0.2, 0.25) is 0 Å². The van der Waals surface area contributed by atoms with Gasteiger partial charge >= 0.3 is 5.97 Å². The van der Waals surface area contributed by atoms with Gasteiger partial charge in [0.15, 0.2) is 0 Å². The van der Waals surface area contributed by atoms with Gasteiger partial charge in [-0.05, 0) is 33.7 Å². The van der Waals surface area contributed by atoms with Gasteiger partial charge in [-0.3, -0.25) is 4.79 Å². The molecule has 3 nitrogen and oxygen atoms in total. The number of nitrogens with one attached hydrogen (secondary N) is 1. The SMILES string of the molecule is [2H]C(C([2H])([2H])NC(C)(C)C)C([2H])([2H])C(=O)O. The molecule has 0 spiro atoms. The van der Waals surface area contributed by atoms with Crippen LogP contribution in [0.4, 0.5) is 0 Å². The van der Waals surface area contributed by atoms with Crippen molar-refractivity contribution in [3.63, 3.8) is 0 Å². The van der Waals surface area contributed by atoms with Crippen molar-refractivity contribution in [2.45, 2.75) is 39.1 Å². The van der Waals surface area contributed by atoms with Gasteiger partial charge in [0.05, 0.1) is 0 Å². The second-order valence-electron chi connectivity index (χ2n) is 3.11. The summed E-state index contributed by atoms with van der Waals surface area (Å²) in [6, 6.07) is 0. The molecule has 0 aliphatic rings. The average Bonchev–Trinajstić information content (AvgIpc) is 1.97. The summed E-state index contributed by atoms with van der Waals surface area (Å²) in [5.74, 6) is -1.84. The Morgan fingerprint density at radius 1 is 1.64 bits per heavy atom. The smallest absolute Gasteiger partial charge is 0.303 e. The molecule has 0 saturated carbocycles. The Hall–Kier alpha value is -0.570. The van der Waals surface area contributed by atoms with Crippen LogP contribution in [0.15, 0.2) is 0 Å². The van der Waals surface area contributed by atoms with Gasteiger partial charge in [-0.15, -0.1) is 0 Å². The molecule has 11 heavy (non-hydrogen) atoms. The van der Waals surface area contributed by atoms with E-state index in [-0.39, 0.29) is 0 Å². The van der Waals surface area contributed by atoms with E-state index in [9.17, 15) is 4.79 Å². The molecule has 0 heterocycles. The molecular weight excluding hydrogens is 142 g/mol. The molecule has 1 unspecified atom stereocenters. The first-order valence-electron chi connectivity index (χ1n) is 5.83. The lowest BCUT2D eigenvalue weighted by Gasteiger charge is -2.19. The molecule has 0 aromatic heterocycles. The fourth-order valence-corrected chi connectivity index (χ4v) is 0.350. The lowest BCUT2D eigenvalue weighted by atomic mass is 10.1. The maximum atomic E-state index is 10.6. The summed E-state index contributed by atoms with van der Waals surface area (Å²) in [7, 11) is 0. The van der Waals surface area contributed by atoms with Gasteiger partial charge < -0.3 is 10.4 Å². The van der Waals surface area contributed by atoms with Gasteiger partial charge in [-0.1, -0.05) is 0 Å².